The first-order valence-electron chi connectivity index (χ1n) is 7.96. The highest BCUT2D eigenvalue weighted by molar-refractivity contribution is 7.89. The van der Waals surface area contributed by atoms with E-state index in [2.05, 4.69) is 10.0 Å². The predicted molar refractivity (Wildman–Crippen MR) is 97.8 cm³/mol. The van der Waals surface area contributed by atoms with Crippen LogP contribution in [0.25, 0.3) is 0 Å². The van der Waals surface area contributed by atoms with E-state index >= 15 is 0 Å². The average Bonchev–Trinajstić information content (AvgIpc) is 2.70. The Labute approximate surface area is 157 Å². The molecule has 1 amide bonds. The summed E-state index contributed by atoms with van der Waals surface area (Å²) in [4.78, 5) is 23.7. The molecule has 0 radical (unpaired) electrons. The van der Waals surface area contributed by atoms with Crippen molar-refractivity contribution in [3.63, 3.8) is 0 Å². The molecule has 0 unspecified atom stereocenters. The molecule has 0 spiro atoms. The number of ether oxygens (including phenoxy) is 2. The smallest absolute Gasteiger partial charge is 0.338 e. The van der Waals surface area contributed by atoms with Gasteiger partial charge in [0, 0.05) is 6.54 Å². The van der Waals surface area contributed by atoms with Gasteiger partial charge in [0.1, 0.15) is 10.6 Å². The largest absolute Gasteiger partial charge is 0.495 e. The Morgan fingerprint density at radius 1 is 1.07 bits per heavy atom. The minimum atomic E-state index is -3.83. The molecule has 27 heavy (non-hydrogen) atoms. The van der Waals surface area contributed by atoms with Gasteiger partial charge in [-0.25, -0.2) is 17.9 Å². The molecule has 0 aromatic heterocycles. The third-order valence-electron chi connectivity index (χ3n) is 3.62. The second-order valence-corrected chi connectivity index (χ2v) is 7.27. The van der Waals surface area contributed by atoms with Gasteiger partial charge in [-0.1, -0.05) is 30.3 Å². The Bertz CT molecular complexity index is 913. The van der Waals surface area contributed by atoms with E-state index in [1.165, 1.54) is 26.3 Å². The summed E-state index contributed by atoms with van der Waals surface area (Å²) in [5, 5.41) is 2.63. The van der Waals surface area contributed by atoms with Crippen LogP contribution in [0.4, 0.5) is 0 Å². The van der Waals surface area contributed by atoms with Crippen LogP contribution in [0.1, 0.15) is 15.9 Å². The van der Waals surface area contributed by atoms with E-state index in [0.717, 1.165) is 11.6 Å². The van der Waals surface area contributed by atoms with Gasteiger partial charge in [-0.3, -0.25) is 4.79 Å². The first kappa shape index (κ1) is 20.4. The van der Waals surface area contributed by atoms with E-state index in [9.17, 15) is 18.0 Å². The highest BCUT2D eigenvalue weighted by atomic mass is 32.2. The molecular weight excluding hydrogens is 372 g/mol. The highest BCUT2D eigenvalue weighted by Gasteiger charge is 2.21. The van der Waals surface area contributed by atoms with Crippen molar-refractivity contribution in [3.8, 4) is 5.75 Å². The van der Waals surface area contributed by atoms with E-state index in [1.807, 2.05) is 30.3 Å². The normalized spacial score (nSPS) is 10.9. The van der Waals surface area contributed by atoms with E-state index in [-0.39, 0.29) is 16.2 Å². The zero-order valence-electron chi connectivity index (χ0n) is 14.9. The fourth-order valence-electron chi connectivity index (χ4n) is 2.19. The molecule has 0 aliphatic heterocycles. The number of hydrogen-bond donors (Lipinski definition) is 2. The van der Waals surface area contributed by atoms with Crippen LogP contribution < -0.4 is 14.8 Å². The van der Waals surface area contributed by atoms with E-state index in [4.69, 9.17) is 9.47 Å². The Morgan fingerprint density at radius 2 is 1.78 bits per heavy atom. The third-order valence-corrected chi connectivity index (χ3v) is 5.06. The van der Waals surface area contributed by atoms with Crippen molar-refractivity contribution in [3.05, 3.63) is 59.7 Å². The minimum absolute atomic E-state index is 0.0134. The standard InChI is InChI=1S/C18H20N2O6S/c1-19-27(23,24)16-10-14(8-9-15(16)25-2)18(22)26-12-17(21)20-11-13-6-4-3-5-7-13/h3-10,19H,11-12H2,1-2H3,(H,20,21). The van der Waals surface area contributed by atoms with Crippen molar-refractivity contribution in [2.45, 2.75) is 11.4 Å². The number of rotatable bonds is 8. The first-order chi connectivity index (χ1) is 12.9. The molecule has 9 heteroatoms. The first-order valence-corrected chi connectivity index (χ1v) is 9.45. The predicted octanol–water partition coefficient (Wildman–Crippen LogP) is 1.08. The van der Waals surface area contributed by atoms with E-state index in [0.29, 0.717) is 6.54 Å². The van der Waals surface area contributed by atoms with Gasteiger partial charge in [-0.15, -0.1) is 0 Å². The summed E-state index contributed by atoms with van der Waals surface area (Å²) in [6.07, 6.45) is 0. The van der Waals surface area contributed by atoms with Crippen LogP contribution in [0, 0.1) is 0 Å². The molecule has 2 aromatic rings. The van der Waals surface area contributed by atoms with Crippen molar-refractivity contribution in [1.82, 2.24) is 10.0 Å². The number of benzene rings is 2. The lowest BCUT2D eigenvalue weighted by Gasteiger charge is -2.11. The van der Waals surface area contributed by atoms with Crippen molar-refractivity contribution in [1.29, 1.82) is 0 Å². The monoisotopic (exact) mass is 392 g/mol. The van der Waals surface area contributed by atoms with Crippen LogP contribution in [0.15, 0.2) is 53.4 Å². The second kappa shape index (κ2) is 9.15. The number of methoxy groups -OCH3 is 1. The quantitative estimate of drug-likeness (QED) is 0.651. The van der Waals surface area contributed by atoms with E-state index < -0.39 is 28.5 Å². The maximum Gasteiger partial charge on any atom is 0.338 e. The van der Waals surface area contributed by atoms with Gasteiger partial charge >= 0.3 is 5.97 Å². The summed E-state index contributed by atoms with van der Waals surface area (Å²) in [6, 6.07) is 13.1. The van der Waals surface area contributed by atoms with Crippen LogP contribution >= 0.6 is 0 Å². The third kappa shape index (κ3) is 5.53. The summed E-state index contributed by atoms with van der Waals surface area (Å²) in [6.45, 7) is -0.171. The molecule has 0 atom stereocenters. The number of amides is 1. The van der Waals surface area contributed by atoms with Crippen LogP contribution in [-0.4, -0.2) is 41.1 Å². The number of esters is 1. The summed E-state index contributed by atoms with van der Waals surface area (Å²) in [5.74, 6) is -1.20. The lowest BCUT2D eigenvalue weighted by atomic mass is 10.2. The van der Waals surface area contributed by atoms with Crippen LogP contribution in [0.5, 0.6) is 5.75 Å². The van der Waals surface area contributed by atoms with Crippen molar-refractivity contribution in [2.75, 3.05) is 20.8 Å². The summed E-state index contributed by atoms with van der Waals surface area (Å²) in [7, 11) is -1.26. The van der Waals surface area contributed by atoms with Crippen LogP contribution in [-0.2, 0) is 26.1 Å². The summed E-state index contributed by atoms with van der Waals surface area (Å²) in [5.41, 5.74) is 0.898. The lowest BCUT2D eigenvalue weighted by molar-refractivity contribution is -0.124. The summed E-state index contributed by atoms with van der Waals surface area (Å²) >= 11 is 0. The van der Waals surface area contributed by atoms with Crippen LogP contribution in [0.2, 0.25) is 0 Å². The van der Waals surface area contributed by atoms with Crippen molar-refractivity contribution in [2.24, 2.45) is 0 Å². The molecule has 0 bridgehead atoms. The molecule has 0 aliphatic rings. The Balaban J connectivity index is 1.99. The molecule has 0 saturated carbocycles. The molecule has 0 heterocycles. The van der Waals surface area contributed by atoms with Crippen molar-refractivity contribution >= 4 is 21.9 Å². The number of nitrogens with one attached hydrogen (secondary N) is 2. The second-order valence-electron chi connectivity index (χ2n) is 5.41. The molecule has 144 valence electrons. The molecular formula is C18H20N2O6S. The number of carbonyl (C=O) groups is 2. The van der Waals surface area contributed by atoms with Crippen LogP contribution in [0.3, 0.4) is 0 Å². The number of carbonyl (C=O) groups excluding carboxylic acids is 2. The number of hydrogen-bond acceptors (Lipinski definition) is 6. The van der Waals surface area contributed by atoms with Crippen molar-refractivity contribution < 1.29 is 27.5 Å². The molecule has 2 aromatic carbocycles. The Hall–Kier alpha value is -2.91. The van der Waals surface area contributed by atoms with Gasteiger partial charge in [-0.2, -0.15) is 0 Å². The highest BCUT2D eigenvalue weighted by Crippen LogP contribution is 2.24. The lowest BCUT2D eigenvalue weighted by Crippen LogP contribution is -2.28. The summed E-state index contributed by atoms with van der Waals surface area (Å²) < 4.78 is 36.2. The number of sulfonamides is 1. The average molecular weight is 392 g/mol. The van der Waals surface area contributed by atoms with Gasteiger partial charge < -0.3 is 14.8 Å². The zero-order valence-corrected chi connectivity index (χ0v) is 15.7. The molecule has 8 nitrogen and oxygen atoms in total. The Morgan fingerprint density at radius 3 is 2.41 bits per heavy atom. The maximum atomic E-state index is 12.1. The molecule has 2 N–H and O–H groups in total. The van der Waals surface area contributed by atoms with Gasteiger partial charge in [0.05, 0.1) is 12.7 Å². The Kier molecular flexibility index (Phi) is 6.91. The molecule has 0 fully saturated rings. The van der Waals surface area contributed by atoms with E-state index in [1.54, 1.807) is 0 Å². The SMILES string of the molecule is CNS(=O)(=O)c1cc(C(=O)OCC(=O)NCc2ccccc2)ccc1OC. The maximum absolute atomic E-state index is 12.1. The zero-order chi connectivity index (χ0) is 19.9. The fraction of sp³-hybridized carbons (Fsp3) is 0.222. The van der Waals surface area contributed by atoms with Gasteiger partial charge in [0.2, 0.25) is 10.0 Å². The van der Waals surface area contributed by atoms with Gasteiger partial charge in [0.25, 0.3) is 5.91 Å². The van der Waals surface area contributed by atoms with Gasteiger partial charge in [-0.05, 0) is 30.8 Å². The molecule has 0 aliphatic carbocycles. The minimum Gasteiger partial charge on any atom is -0.495 e. The fourth-order valence-corrected chi connectivity index (χ4v) is 3.10. The topological polar surface area (TPSA) is 111 Å². The molecule has 0 saturated heterocycles. The molecule has 2 rings (SSSR count). The van der Waals surface area contributed by atoms with Gasteiger partial charge in [0.15, 0.2) is 6.61 Å².